The van der Waals surface area contributed by atoms with Crippen LogP contribution in [0.25, 0.3) is 0 Å². The second kappa shape index (κ2) is 6.12. The Labute approximate surface area is 112 Å². The Morgan fingerprint density at radius 1 is 1.28 bits per heavy atom. The minimum Gasteiger partial charge on any atom is -0.310 e. The van der Waals surface area contributed by atoms with Gasteiger partial charge in [-0.05, 0) is 50.1 Å². The van der Waals surface area contributed by atoms with E-state index in [0.29, 0.717) is 12.6 Å². The van der Waals surface area contributed by atoms with Crippen LogP contribution in [0.1, 0.15) is 22.2 Å². The van der Waals surface area contributed by atoms with Crippen molar-refractivity contribution in [3.05, 3.63) is 57.5 Å². The fraction of sp³-hybridized carbons (Fsp3) is 0.333. The van der Waals surface area contributed by atoms with Gasteiger partial charge in [0.2, 0.25) is 0 Å². The summed E-state index contributed by atoms with van der Waals surface area (Å²) in [7, 11) is 0. The number of nitrogens with one attached hydrogen (secondary N) is 1. The molecule has 1 N–H and O–H groups in total. The molecule has 0 aliphatic carbocycles. The van der Waals surface area contributed by atoms with E-state index in [4.69, 9.17) is 0 Å². The molecule has 1 aromatic heterocycles. The zero-order chi connectivity index (χ0) is 13.0. The van der Waals surface area contributed by atoms with E-state index in [1.807, 2.05) is 17.4 Å². The molecule has 0 amide bonds. The van der Waals surface area contributed by atoms with Gasteiger partial charge in [0.05, 0.1) is 0 Å². The van der Waals surface area contributed by atoms with Crippen LogP contribution in [0.5, 0.6) is 0 Å². The average molecular weight is 263 g/mol. The van der Waals surface area contributed by atoms with Crippen LogP contribution < -0.4 is 5.32 Å². The van der Waals surface area contributed by atoms with Crippen molar-refractivity contribution in [2.75, 3.05) is 0 Å². The summed E-state index contributed by atoms with van der Waals surface area (Å²) in [6.45, 7) is 5.00. The molecule has 2 rings (SSSR count). The molecule has 18 heavy (non-hydrogen) atoms. The smallest absolute Gasteiger partial charge is 0.123 e. The fourth-order valence-electron chi connectivity index (χ4n) is 1.91. The zero-order valence-corrected chi connectivity index (χ0v) is 11.6. The SMILES string of the molecule is Cc1ccc(CC(C)NCc2cccc(F)c2)s1. The van der Waals surface area contributed by atoms with Crippen LogP contribution in [0.4, 0.5) is 4.39 Å². The second-order valence-electron chi connectivity index (χ2n) is 4.63. The van der Waals surface area contributed by atoms with E-state index < -0.39 is 0 Å². The molecule has 1 nitrogen and oxygen atoms in total. The molecule has 96 valence electrons. The summed E-state index contributed by atoms with van der Waals surface area (Å²) < 4.78 is 13.0. The number of hydrogen-bond donors (Lipinski definition) is 1. The Morgan fingerprint density at radius 3 is 2.78 bits per heavy atom. The van der Waals surface area contributed by atoms with Crippen molar-refractivity contribution in [1.29, 1.82) is 0 Å². The van der Waals surface area contributed by atoms with Gasteiger partial charge in [-0.15, -0.1) is 11.3 Å². The zero-order valence-electron chi connectivity index (χ0n) is 10.7. The highest BCUT2D eigenvalue weighted by Gasteiger charge is 2.05. The van der Waals surface area contributed by atoms with Gasteiger partial charge in [-0.2, -0.15) is 0 Å². The molecule has 0 fully saturated rings. The molecule has 0 spiro atoms. The maximum atomic E-state index is 13.0. The lowest BCUT2D eigenvalue weighted by Crippen LogP contribution is -2.27. The van der Waals surface area contributed by atoms with E-state index in [1.165, 1.54) is 15.8 Å². The number of aryl methyl sites for hydroxylation is 1. The van der Waals surface area contributed by atoms with Crippen LogP contribution in [0, 0.1) is 12.7 Å². The van der Waals surface area contributed by atoms with Gasteiger partial charge >= 0.3 is 0 Å². The number of thiophene rings is 1. The summed E-state index contributed by atoms with van der Waals surface area (Å²) in [6, 6.07) is 11.5. The molecule has 0 saturated heterocycles. The number of benzene rings is 1. The predicted octanol–water partition coefficient (Wildman–Crippen LogP) is 3.92. The summed E-state index contributed by atoms with van der Waals surface area (Å²) in [5.74, 6) is -0.171. The van der Waals surface area contributed by atoms with E-state index in [2.05, 4.69) is 31.3 Å². The summed E-state index contributed by atoms with van der Waals surface area (Å²) in [4.78, 5) is 2.74. The normalized spacial score (nSPS) is 12.6. The highest BCUT2D eigenvalue weighted by Crippen LogP contribution is 2.16. The summed E-state index contributed by atoms with van der Waals surface area (Å²) in [5, 5.41) is 3.42. The fourth-order valence-corrected chi connectivity index (χ4v) is 2.93. The van der Waals surface area contributed by atoms with Gasteiger partial charge in [-0.3, -0.25) is 0 Å². The minimum atomic E-state index is -0.171. The van der Waals surface area contributed by atoms with Crippen molar-refractivity contribution in [1.82, 2.24) is 5.32 Å². The standard InChI is InChI=1S/C15H18FNS/c1-11(8-15-7-6-12(2)18-15)17-10-13-4-3-5-14(16)9-13/h3-7,9,11,17H,8,10H2,1-2H3. The van der Waals surface area contributed by atoms with Crippen molar-refractivity contribution >= 4 is 11.3 Å². The maximum absolute atomic E-state index is 13.0. The highest BCUT2D eigenvalue weighted by atomic mass is 32.1. The van der Waals surface area contributed by atoms with Crippen LogP contribution in [0.3, 0.4) is 0 Å². The molecule has 0 aliphatic rings. The summed E-state index contributed by atoms with van der Waals surface area (Å²) >= 11 is 1.84. The van der Waals surface area contributed by atoms with Gasteiger partial charge in [0, 0.05) is 22.3 Å². The van der Waals surface area contributed by atoms with E-state index >= 15 is 0 Å². The van der Waals surface area contributed by atoms with E-state index in [0.717, 1.165) is 12.0 Å². The molecular formula is C15H18FNS. The minimum absolute atomic E-state index is 0.171. The molecule has 0 aliphatic heterocycles. The Kier molecular flexibility index (Phi) is 4.50. The average Bonchev–Trinajstić information content (AvgIpc) is 2.72. The van der Waals surface area contributed by atoms with Crippen molar-refractivity contribution in [2.45, 2.75) is 32.9 Å². The predicted molar refractivity (Wildman–Crippen MR) is 75.5 cm³/mol. The van der Waals surface area contributed by atoms with Crippen LogP contribution in [0.15, 0.2) is 36.4 Å². The third-order valence-electron chi connectivity index (χ3n) is 2.85. The topological polar surface area (TPSA) is 12.0 Å². The number of halogens is 1. The third-order valence-corrected chi connectivity index (χ3v) is 3.87. The lowest BCUT2D eigenvalue weighted by atomic mass is 10.1. The van der Waals surface area contributed by atoms with Crippen molar-refractivity contribution in [2.24, 2.45) is 0 Å². The second-order valence-corrected chi connectivity index (χ2v) is 6.00. The molecular weight excluding hydrogens is 245 g/mol. The monoisotopic (exact) mass is 263 g/mol. The van der Waals surface area contributed by atoms with Gasteiger partial charge in [0.25, 0.3) is 0 Å². The maximum Gasteiger partial charge on any atom is 0.123 e. The van der Waals surface area contributed by atoms with Crippen molar-refractivity contribution < 1.29 is 4.39 Å². The quantitative estimate of drug-likeness (QED) is 0.862. The van der Waals surface area contributed by atoms with Gasteiger partial charge in [-0.1, -0.05) is 12.1 Å². The molecule has 1 unspecified atom stereocenters. The Hall–Kier alpha value is -1.19. The Bertz CT molecular complexity index is 507. The first-order valence-electron chi connectivity index (χ1n) is 6.16. The first-order valence-corrected chi connectivity index (χ1v) is 6.98. The van der Waals surface area contributed by atoms with Crippen LogP contribution >= 0.6 is 11.3 Å². The molecule has 2 aromatic rings. The molecule has 1 heterocycles. The highest BCUT2D eigenvalue weighted by molar-refractivity contribution is 7.11. The van der Waals surface area contributed by atoms with Gasteiger partial charge in [0.15, 0.2) is 0 Å². The lowest BCUT2D eigenvalue weighted by molar-refractivity contribution is 0.545. The summed E-state index contributed by atoms with van der Waals surface area (Å²) in [5.41, 5.74) is 0.990. The summed E-state index contributed by atoms with van der Waals surface area (Å²) in [6.07, 6.45) is 1.02. The number of rotatable bonds is 5. The van der Waals surface area contributed by atoms with Crippen LogP contribution in [-0.2, 0) is 13.0 Å². The largest absolute Gasteiger partial charge is 0.310 e. The van der Waals surface area contributed by atoms with Crippen LogP contribution in [-0.4, -0.2) is 6.04 Å². The first kappa shape index (κ1) is 13.2. The molecule has 0 bridgehead atoms. The molecule has 0 saturated carbocycles. The first-order chi connectivity index (χ1) is 8.63. The van der Waals surface area contributed by atoms with E-state index in [1.54, 1.807) is 12.1 Å². The molecule has 0 radical (unpaired) electrons. The van der Waals surface area contributed by atoms with Gasteiger partial charge < -0.3 is 5.32 Å². The van der Waals surface area contributed by atoms with Gasteiger partial charge in [0.1, 0.15) is 5.82 Å². The molecule has 3 heteroatoms. The third kappa shape index (κ3) is 3.93. The van der Waals surface area contributed by atoms with Gasteiger partial charge in [-0.25, -0.2) is 4.39 Å². The van der Waals surface area contributed by atoms with E-state index in [-0.39, 0.29) is 5.82 Å². The Balaban J connectivity index is 1.83. The van der Waals surface area contributed by atoms with Crippen molar-refractivity contribution in [3.8, 4) is 0 Å². The molecule has 1 aromatic carbocycles. The van der Waals surface area contributed by atoms with E-state index in [9.17, 15) is 4.39 Å². The Morgan fingerprint density at radius 2 is 2.11 bits per heavy atom. The molecule has 1 atom stereocenters. The van der Waals surface area contributed by atoms with Crippen LogP contribution in [0.2, 0.25) is 0 Å². The number of hydrogen-bond acceptors (Lipinski definition) is 2. The lowest BCUT2D eigenvalue weighted by Gasteiger charge is -2.12. The van der Waals surface area contributed by atoms with Crippen molar-refractivity contribution in [3.63, 3.8) is 0 Å².